The van der Waals surface area contributed by atoms with Crippen LogP contribution >= 0.6 is 0 Å². The molecule has 2 aromatic rings. The fourth-order valence-corrected chi connectivity index (χ4v) is 2.22. The Kier molecular flexibility index (Phi) is 2.74. The van der Waals surface area contributed by atoms with Crippen molar-refractivity contribution in [1.29, 1.82) is 0 Å². The van der Waals surface area contributed by atoms with Crippen molar-refractivity contribution < 1.29 is 19.4 Å². The number of ether oxygens (including phenoxy) is 2. The molecule has 0 saturated carbocycles. The van der Waals surface area contributed by atoms with E-state index in [1.54, 1.807) is 12.1 Å². The summed E-state index contributed by atoms with van der Waals surface area (Å²) < 4.78 is 10.9. The summed E-state index contributed by atoms with van der Waals surface area (Å²) in [5, 5.41) is 14.0. The quantitative estimate of drug-likeness (QED) is 0.763. The van der Waals surface area contributed by atoms with Gasteiger partial charge in [0, 0.05) is 5.56 Å². The van der Waals surface area contributed by atoms with E-state index < -0.39 is 11.5 Å². The van der Waals surface area contributed by atoms with Crippen LogP contribution in [0.15, 0.2) is 16.9 Å². The van der Waals surface area contributed by atoms with Crippen molar-refractivity contribution in [2.75, 3.05) is 13.2 Å². The molecule has 0 saturated heterocycles. The molecule has 104 valence electrons. The molecular weight excluding hydrogens is 264 g/mol. The van der Waals surface area contributed by atoms with Gasteiger partial charge in [-0.1, -0.05) is 0 Å². The second-order valence-electron chi connectivity index (χ2n) is 4.45. The first kappa shape index (κ1) is 12.3. The minimum atomic E-state index is -1.28. The Hall–Kier alpha value is -2.70. The van der Waals surface area contributed by atoms with Crippen LogP contribution in [0.2, 0.25) is 0 Å². The summed E-state index contributed by atoms with van der Waals surface area (Å²) in [5.41, 5.74) is 0.626. The molecule has 0 bridgehead atoms. The topological polar surface area (TPSA) is 104 Å². The number of aromatic carboxylic acids is 1. The predicted octanol–water partition coefficient (Wildman–Crippen LogP) is 1.15. The zero-order valence-corrected chi connectivity index (χ0v) is 10.6. The Labute approximate surface area is 113 Å². The molecular formula is C13H12N2O5. The lowest BCUT2D eigenvalue weighted by Gasteiger charge is -2.20. The maximum Gasteiger partial charge on any atom is 0.343 e. The van der Waals surface area contributed by atoms with Crippen molar-refractivity contribution in [2.45, 2.75) is 6.92 Å². The number of rotatable bonds is 2. The smallest absolute Gasteiger partial charge is 0.343 e. The van der Waals surface area contributed by atoms with Gasteiger partial charge >= 0.3 is 5.97 Å². The van der Waals surface area contributed by atoms with Gasteiger partial charge in [0.25, 0.3) is 5.56 Å². The number of hydrogen-bond donors (Lipinski definition) is 3. The molecule has 0 amide bonds. The fourth-order valence-electron chi connectivity index (χ4n) is 2.22. The third-order valence-electron chi connectivity index (χ3n) is 3.15. The van der Waals surface area contributed by atoms with E-state index in [-0.39, 0.29) is 11.3 Å². The Morgan fingerprint density at radius 3 is 2.50 bits per heavy atom. The second kappa shape index (κ2) is 4.44. The number of hydrogen-bond acceptors (Lipinski definition) is 4. The molecule has 0 spiro atoms. The van der Waals surface area contributed by atoms with Crippen LogP contribution in [-0.4, -0.2) is 34.5 Å². The van der Waals surface area contributed by atoms with E-state index in [0.717, 1.165) is 5.56 Å². The second-order valence-corrected chi connectivity index (χ2v) is 4.45. The number of benzene rings is 1. The highest BCUT2D eigenvalue weighted by Gasteiger charge is 2.22. The van der Waals surface area contributed by atoms with Gasteiger partial charge in [-0.25, -0.2) is 4.79 Å². The number of carboxylic acid groups (broad SMARTS) is 1. The van der Waals surface area contributed by atoms with Gasteiger partial charge in [-0.3, -0.25) is 15.0 Å². The molecule has 1 aliphatic heterocycles. The maximum absolute atomic E-state index is 11.5. The molecule has 3 rings (SSSR count). The predicted molar refractivity (Wildman–Crippen MR) is 69.5 cm³/mol. The van der Waals surface area contributed by atoms with Crippen LogP contribution in [0.25, 0.3) is 11.3 Å². The average molecular weight is 276 g/mol. The fraction of sp³-hybridized carbons (Fsp3) is 0.231. The van der Waals surface area contributed by atoms with Gasteiger partial charge in [-0.2, -0.15) is 0 Å². The normalized spacial score (nSPS) is 13.2. The number of carboxylic acids is 1. The van der Waals surface area contributed by atoms with Crippen molar-refractivity contribution in [1.82, 2.24) is 10.2 Å². The van der Waals surface area contributed by atoms with Gasteiger partial charge in [0.2, 0.25) is 0 Å². The highest BCUT2D eigenvalue weighted by Crippen LogP contribution is 2.37. The summed E-state index contributed by atoms with van der Waals surface area (Å²) in [7, 11) is 0. The van der Waals surface area contributed by atoms with Crippen LogP contribution in [0.5, 0.6) is 11.5 Å². The third kappa shape index (κ3) is 1.83. The van der Waals surface area contributed by atoms with Crippen LogP contribution < -0.4 is 15.0 Å². The highest BCUT2D eigenvalue weighted by molar-refractivity contribution is 5.95. The first-order valence-corrected chi connectivity index (χ1v) is 6.02. The molecule has 0 radical (unpaired) electrons. The van der Waals surface area contributed by atoms with Crippen molar-refractivity contribution in [3.8, 4) is 22.8 Å². The maximum atomic E-state index is 11.5. The van der Waals surface area contributed by atoms with E-state index in [2.05, 4.69) is 10.2 Å². The largest absolute Gasteiger partial charge is 0.486 e. The monoisotopic (exact) mass is 276 g/mol. The highest BCUT2D eigenvalue weighted by atomic mass is 16.6. The molecule has 2 heterocycles. The molecule has 0 fully saturated rings. The molecule has 1 aliphatic rings. The standard InChI is InChI=1S/C13H12N2O5/c1-6-4-8-9(20-3-2-19-8)5-7(6)11-10(13(17)18)12(16)15-14-11/h4-5H,2-3H2,1H3,(H,17,18)(H2,14,15,16). The van der Waals surface area contributed by atoms with Crippen LogP contribution in [0.3, 0.4) is 0 Å². The minimum absolute atomic E-state index is 0.233. The van der Waals surface area contributed by atoms with Crippen LogP contribution in [-0.2, 0) is 0 Å². The van der Waals surface area contributed by atoms with Crippen molar-refractivity contribution in [2.24, 2.45) is 0 Å². The van der Waals surface area contributed by atoms with E-state index >= 15 is 0 Å². The lowest BCUT2D eigenvalue weighted by Crippen LogP contribution is -2.16. The Balaban J connectivity index is 2.20. The van der Waals surface area contributed by atoms with Gasteiger partial charge in [-0.15, -0.1) is 0 Å². The van der Waals surface area contributed by atoms with Crippen molar-refractivity contribution >= 4 is 5.97 Å². The summed E-state index contributed by atoms with van der Waals surface area (Å²) >= 11 is 0. The molecule has 0 unspecified atom stereocenters. The summed E-state index contributed by atoms with van der Waals surface area (Å²) in [6.45, 7) is 2.72. The van der Waals surface area contributed by atoms with E-state index in [9.17, 15) is 9.59 Å². The van der Waals surface area contributed by atoms with E-state index in [0.29, 0.717) is 30.3 Å². The molecule has 7 heteroatoms. The zero-order chi connectivity index (χ0) is 14.3. The third-order valence-corrected chi connectivity index (χ3v) is 3.15. The zero-order valence-electron chi connectivity index (χ0n) is 10.6. The summed E-state index contributed by atoms with van der Waals surface area (Å²) in [6.07, 6.45) is 0. The van der Waals surface area contributed by atoms with Gasteiger partial charge in [0.1, 0.15) is 13.2 Å². The molecule has 3 N–H and O–H groups in total. The Morgan fingerprint density at radius 2 is 1.85 bits per heavy atom. The Morgan fingerprint density at radius 1 is 1.20 bits per heavy atom. The van der Waals surface area contributed by atoms with Crippen LogP contribution in [0.1, 0.15) is 15.9 Å². The summed E-state index contributed by atoms with van der Waals surface area (Å²) in [5.74, 6) is -0.126. The number of aryl methyl sites for hydroxylation is 1. The van der Waals surface area contributed by atoms with Gasteiger partial charge < -0.3 is 14.6 Å². The average Bonchev–Trinajstić information content (AvgIpc) is 2.79. The summed E-state index contributed by atoms with van der Waals surface area (Å²) in [6, 6.07) is 3.44. The first-order chi connectivity index (χ1) is 9.58. The first-order valence-electron chi connectivity index (χ1n) is 6.02. The molecule has 7 nitrogen and oxygen atoms in total. The minimum Gasteiger partial charge on any atom is -0.486 e. The van der Waals surface area contributed by atoms with Crippen molar-refractivity contribution in [3.63, 3.8) is 0 Å². The summed E-state index contributed by atoms with van der Waals surface area (Å²) in [4.78, 5) is 22.7. The SMILES string of the molecule is Cc1cc2c(cc1-c1[nH][nH]c(=O)c1C(=O)O)OCCO2. The molecule has 1 aromatic carbocycles. The number of aromatic amines is 2. The van der Waals surface area contributed by atoms with Gasteiger partial charge in [0.15, 0.2) is 17.1 Å². The van der Waals surface area contributed by atoms with Crippen LogP contribution in [0.4, 0.5) is 0 Å². The van der Waals surface area contributed by atoms with Gasteiger partial charge in [0.05, 0.1) is 5.69 Å². The number of fused-ring (bicyclic) bond motifs is 1. The number of H-pyrrole nitrogens is 2. The van der Waals surface area contributed by atoms with Crippen molar-refractivity contribution in [3.05, 3.63) is 33.6 Å². The number of aromatic nitrogens is 2. The van der Waals surface area contributed by atoms with Crippen LogP contribution in [0, 0.1) is 6.92 Å². The number of carbonyl (C=O) groups is 1. The lowest BCUT2D eigenvalue weighted by atomic mass is 10.0. The van der Waals surface area contributed by atoms with Gasteiger partial charge in [-0.05, 0) is 24.6 Å². The lowest BCUT2D eigenvalue weighted by molar-refractivity contribution is 0.0696. The number of nitrogens with one attached hydrogen (secondary N) is 2. The van der Waals surface area contributed by atoms with E-state index in [1.807, 2.05) is 6.92 Å². The molecule has 0 atom stereocenters. The molecule has 1 aromatic heterocycles. The van der Waals surface area contributed by atoms with E-state index in [4.69, 9.17) is 14.6 Å². The molecule has 20 heavy (non-hydrogen) atoms. The molecule has 0 aliphatic carbocycles. The Bertz CT molecular complexity index is 744. The van der Waals surface area contributed by atoms with E-state index in [1.165, 1.54) is 0 Å².